The van der Waals surface area contributed by atoms with E-state index in [9.17, 15) is 4.79 Å². The number of amides is 1. The zero-order valence-electron chi connectivity index (χ0n) is 18.3. The van der Waals surface area contributed by atoms with Gasteiger partial charge < -0.3 is 15.2 Å². The maximum absolute atomic E-state index is 13.0. The molecule has 0 radical (unpaired) electrons. The molecule has 1 amide bonds. The molecule has 1 heterocycles. The fourth-order valence-electron chi connectivity index (χ4n) is 3.49. The summed E-state index contributed by atoms with van der Waals surface area (Å²) >= 11 is 0. The molecule has 5 heteroatoms. The molecule has 29 heavy (non-hydrogen) atoms. The number of aromatic amines is 1. The van der Waals surface area contributed by atoms with E-state index in [0.29, 0.717) is 13.1 Å². The van der Waals surface area contributed by atoms with Crippen LogP contribution in [-0.2, 0) is 11.3 Å². The number of nitrogens with one attached hydrogen (secondary N) is 2. The van der Waals surface area contributed by atoms with E-state index >= 15 is 0 Å². The fourth-order valence-corrected chi connectivity index (χ4v) is 3.49. The Morgan fingerprint density at radius 1 is 1.31 bits per heavy atom. The van der Waals surface area contributed by atoms with Crippen molar-refractivity contribution >= 4 is 11.5 Å². The number of carbonyl (C=O) groups excluding carboxylic acids is 1. The van der Waals surface area contributed by atoms with Crippen molar-refractivity contribution in [3.63, 3.8) is 0 Å². The first-order valence-electron chi connectivity index (χ1n) is 10.3. The number of imidazole rings is 1. The number of likely N-dealkylation sites (N-methyl/N-ethyl adjacent to an activating group) is 1. The molecular formula is C24H34N4O. The summed E-state index contributed by atoms with van der Waals surface area (Å²) in [6.45, 7) is 13.3. The standard InChI is InChI=1S/C24H34N4O/c1-7-14-28(24(29)23(25-6)17(4)5)16-22-26-15-21(27-22)20-12-10-19(11-13-20)18(8-2)9-3/h8-13,15,17,23,25H,2,7,14,16H2,1,3-6H3,(H,26,27)/b18-9+. The van der Waals surface area contributed by atoms with Gasteiger partial charge in [-0.15, -0.1) is 0 Å². The second-order valence-electron chi connectivity index (χ2n) is 7.54. The lowest BCUT2D eigenvalue weighted by Crippen LogP contribution is -2.48. The Labute approximate surface area is 174 Å². The van der Waals surface area contributed by atoms with E-state index in [1.54, 1.807) is 0 Å². The minimum Gasteiger partial charge on any atom is -0.341 e. The molecule has 1 aromatic heterocycles. The predicted molar refractivity (Wildman–Crippen MR) is 121 cm³/mol. The smallest absolute Gasteiger partial charge is 0.240 e. The largest absolute Gasteiger partial charge is 0.341 e. The van der Waals surface area contributed by atoms with Crippen molar-refractivity contribution in [2.75, 3.05) is 13.6 Å². The lowest BCUT2D eigenvalue weighted by atomic mass is 10.0. The Hall–Kier alpha value is -2.66. The number of nitrogens with zero attached hydrogens (tertiary/aromatic N) is 2. The van der Waals surface area contributed by atoms with Gasteiger partial charge in [0.05, 0.1) is 24.5 Å². The molecule has 156 valence electrons. The summed E-state index contributed by atoms with van der Waals surface area (Å²) in [5.74, 6) is 1.15. The van der Waals surface area contributed by atoms with Gasteiger partial charge in [-0.3, -0.25) is 4.79 Å². The third-order valence-electron chi connectivity index (χ3n) is 5.08. The van der Waals surface area contributed by atoms with E-state index in [1.165, 1.54) is 0 Å². The second kappa shape index (κ2) is 10.8. The molecule has 1 unspecified atom stereocenters. The minimum atomic E-state index is -0.186. The molecule has 0 aliphatic heterocycles. The van der Waals surface area contributed by atoms with Crippen molar-refractivity contribution in [1.29, 1.82) is 0 Å². The maximum Gasteiger partial charge on any atom is 0.240 e. The van der Waals surface area contributed by atoms with E-state index in [4.69, 9.17) is 0 Å². The molecule has 2 N–H and O–H groups in total. The summed E-state index contributed by atoms with van der Waals surface area (Å²) in [4.78, 5) is 22.7. The van der Waals surface area contributed by atoms with Gasteiger partial charge in [-0.1, -0.05) is 63.8 Å². The zero-order valence-corrected chi connectivity index (χ0v) is 18.3. The first kappa shape index (κ1) is 22.6. The second-order valence-corrected chi connectivity index (χ2v) is 7.54. The van der Waals surface area contributed by atoms with Crippen molar-refractivity contribution in [2.45, 2.75) is 46.7 Å². The van der Waals surface area contributed by atoms with Crippen LogP contribution in [0.3, 0.4) is 0 Å². The summed E-state index contributed by atoms with van der Waals surface area (Å²) in [6, 6.07) is 8.13. The highest BCUT2D eigenvalue weighted by Crippen LogP contribution is 2.22. The Balaban J connectivity index is 2.17. The Morgan fingerprint density at radius 2 is 2.00 bits per heavy atom. The SMILES string of the molecule is C=C/C(=C\C)c1ccc(-c2cnc(CN(CCC)C(=O)C(NC)C(C)C)[nH]2)cc1. The molecule has 0 aliphatic carbocycles. The first-order chi connectivity index (χ1) is 13.9. The lowest BCUT2D eigenvalue weighted by Gasteiger charge is -2.28. The van der Waals surface area contributed by atoms with Crippen molar-refractivity contribution in [2.24, 2.45) is 5.92 Å². The summed E-state index contributed by atoms with van der Waals surface area (Å²) in [7, 11) is 1.84. The van der Waals surface area contributed by atoms with Crippen LogP contribution in [0.4, 0.5) is 0 Å². The van der Waals surface area contributed by atoms with Crippen LogP contribution in [0.5, 0.6) is 0 Å². The number of H-pyrrole nitrogens is 1. The van der Waals surface area contributed by atoms with Crippen LogP contribution in [0.25, 0.3) is 16.8 Å². The highest BCUT2D eigenvalue weighted by Gasteiger charge is 2.25. The Morgan fingerprint density at radius 3 is 2.52 bits per heavy atom. The Bertz CT molecular complexity index is 833. The summed E-state index contributed by atoms with van der Waals surface area (Å²) < 4.78 is 0. The predicted octanol–water partition coefficient (Wildman–Crippen LogP) is 4.65. The van der Waals surface area contributed by atoms with Gasteiger partial charge in [0, 0.05) is 6.54 Å². The van der Waals surface area contributed by atoms with E-state index in [-0.39, 0.29) is 17.9 Å². The molecular weight excluding hydrogens is 360 g/mol. The van der Waals surface area contributed by atoms with Gasteiger partial charge in [0.25, 0.3) is 0 Å². The van der Waals surface area contributed by atoms with Gasteiger partial charge in [-0.05, 0) is 43.0 Å². The zero-order chi connectivity index (χ0) is 21.4. The number of rotatable bonds is 10. The van der Waals surface area contributed by atoms with Crippen LogP contribution in [0.1, 0.15) is 45.5 Å². The van der Waals surface area contributed by atoms with Crippen molar-refractivity contribution in [3.8, 4) is 11.3 Å². The summed E-state index contributed by atoms with van der Waals surface area (Å²) in [6.07, 6.45) is 6.65. The average molecular weight is 395 g/mol. The lowest BCUT2D eigenvalue weighted by molar-refractivity contribution is -0.135. The topological polar surface area (TPSA) is 61.0 Å². The molecule has 1 aromatic carbocycles. The van der Waals surface area contributed by atoms with Crippen LogP contribution in [0.2, 0.25) is 0 Å². The van der Waals surface area contributed by atoms with E-state index in [0.717, 1.165) is 34.6 Å². The van der Waals surface area contributed by atoms with E-state index in [2.05, 4.69) is 66.9 Å². The molecule has 0 fully saturated rings. The number of carbonyl (C=O) groups is 1. The highest BCUT2D eigenvalue weighted by atomic mass is 16.2. The van der Waals surface area contributed by atoms with Crippen molar-refractivity contribution in [1.82, 2.24) is 20.2 Å². The van der Waals surface area contributed by atoms with Crippen molar-refractivity contribution < 1.29 is 4.79 Å². The van der Waals surface area contributed by atoms with Gasteiger partial charge in [0.2, 0.25) is 5.91 Å². The number of hydrogen-bond donors (Lipinski definition) is 2. The third-order valence-corrected chi connectivity index (χ3v) is 5.08. The molecule has 0 saturated heterocycles. The molecule has 0 aliphatic rings. The normalized spacial score (nSPS) is 12.8. The quantitative estimate of drug-likeness (QED) is 0.577. The fraction of sp³-hybridized carbons (Fsp3) is 0.417. The number of hydrogen-bond acceptors (Lipinski definition) is 3. The maximum atomic E-state index is 13.0. The number of benzene rings is 1. The molecule has 5 nitrogen and oxygen atoms in total. The minimum absolute atomic E-state index is 0.120. The molecule has 2 aromatic rings. The van der Waals surface area contributed by atoms with E-state index < -0.39 is 0 Å². The monoisotopic (exact) mass is 394 g/mol. The van der Waals surface area contributed by atoms with Crippen LogP contribution < -0.4 is 5.32 Å². The van der Waals surface area contributed by atoms with Crippen molar-refractivity contribution in [3.05, 3.63) is 60.6 Å². The van der Waals surface area contributed by atoms with Gasteiger partial charge in [0.1, 0.15) is 5.82 Å². The molecule has 0 bridgehead atoms. The van der Waals surface area contributed by atoms with Gasteiger partial charge >= 0.3 is 0 Å². The van der Waals surface area contributed by atoms with Crippen LogP contribution >= 0.6 is 0 Å². The summed E-state index contributed by atoms with van der Waals surface area (Å²) in [5.41, 5.74) is 4.26. The Kier molecular flexibility index (Phi) is 8.40. The molecule has 0 saturated carbocycles. The molecule has 1 atom stereocenters. The van der Waals surface area contributed by atoms with Gasteiger partial charge in [-0.2, -0.15) is 0 Å². The summed E-state index contributed by atoms with van der Waals surface area (Å²) in [5, 5.41) is 3.15. The number of allylic oxidation sites excluding steroid dienone is 3. The van der Waals surface area contributed by atoms with Gasteiger partial charge in [0.15, 0.2) is 0 Å². The molecule has 2 rings (SSSR count). The third kappa shape index (κ3) is 5.67. The van der Waals surface area contributed by atoms with Crippen LogP contribution in [-0.4, -0.2) is 40.4 Å². The van der Waals surface area contributed by atoms with Gasteiger partial charge in [-0.25, -0.2) is 4.98 Å². The number of aromatic nitrogens is 2. The van der Waals surface area contributed by atoms with Crippen LogP contribution in [0.15, 0.2) is 49.2 Å². The molecule has 0 spiro atoms. The first-order valence-corrected chi connectivity index (χ1v) is 10.3. The average Bonchev–Trinajstić information content (AvgIpc) is 3.18. The van der Waals surface area contributed by atoms with E-state index in [1.807, 2.05) is 37.2 Å². The van der Waals surface area contributed by atoms with Crippen LogP contribution in [0, 0.1) is 5.92 Å². The highest BCUT2D eigenvalue weighted by molar-refractivity contribution is 5.82.